The molecule has 25 heavy (non-hydrogen) atoms. The largest absolute Gasteiger partial charge is 0.418 e. The van der Waals surface area contributed by atoms with Crippen LogP contribution in [-0.2, 0) is 6.18 Å². The van der Waals surface area contributed by atoms with Crippen molar-refractivity contribution >= 4 is 23.2 Å². The van der Waals surface area contributed by atoms with Gasteiger partial charge in [-0.3, -0.25) is 4.79 Å². The molecule has 0 atom stereocenters. The Morgan fingerprint density at radius 1 is 1.12 bits per heavy atom. The predicted molar refractivity (Wildman–Crippen MR) is 88.4 cm³/mol. The van der Waals surface area contributed by atoms with Crippen LogP contribution in [0.2, 0.25) is 5.15 Å². The molecule has 4 nitrogen and oxygen atoms in total. The SMILES string of the molecule is O=C(Nc1ccc(Cl)nc1)c1[nH]c(-c2ccccc2)cc1C(F)(F)F. The van der Waals surface area contributed by atoms with Crippen molar-refractivity contribution in [1.29, 1.82) is 0 Å². The number of rotatable bonds is 3. The summed E-state index contributed by atoms with van der Waals surface area (Å²) in [7, 11) is 0. The van der Waals surface area contributed by atoms with Crippen molar-refractivity contribution in [2.24, 2.45) is 0 Å². The molecule has 0 saturated carbocycles. The third kappa shape index (κ3) is 3.83. The van der Waals surface area contributed by atoms with E-state index in [9.17, 15) is 18.0 Å². The van der Waals surface area contributed by atoms with Gasteiger partial charge in [0.1, 0.15) is 10.8 Å². The van der Waals surface area contributed by atoms with Gasteiger partial charge < -0.3 is 10.3 Å². The summed E-state index contributed by atoms with van der Waals surface area (Å²) in [6.45, 7) is 0. The molecule has 1 aromatic carbocycles. The molecule has 2 heterocycles. The molecule has 0 spiro atoms. The Morgan fingerprint density at radius 2 is 1.84 bits per heavy atom. The standard InChI is InChI=1S/C17H11ClF3N3O/c18-14-7-6-11(9-22-14)23-16(25)15-12(17(19,20)21)8-13(24-15)10-4-2-1-3-5-10/h1-9,24H,(H,23,25). The molecule has 0 fully saturated rings. The highest BCUT2D eigenvalue weighted by atomic mass is 35.5. The minimum Gasteiger partial charge on any atom is -0.350 e. The Morgan fingerprint density at radius 3 is 2.44 bits per heavy atom. The Kier molecular flexibility index (Phi) is 4.50. The number of nitrogens with zero attached hydrogens (tertiary/aromatic N) is 1. The van der Waals surface area contributed by atoms with E-state index in [2.05, 4.69) is 15.3 Å². The van der Waals surface area contributed by atoms with Gasteiger partial charge in [0.05, 0.1) is 17.4 Å². The third-order valence-electron chi connectivity index (χ3n) is 3.42. The number of halogens is 4. The van der Waals surface area contributed by atoms with Crippen LogP contribution in [0.25, 0.3) is 11.3 Å². The zero-order valence-corrected chi connectivity index (χ0v) is 13.3. The molecule has 3 rings (SSSR count). The molecule has 8 heteroatoms. The van der Waals surface area contributed by atoms with Crippen LogP contribution in [0, 0.1) is 0 Å². The molecule has 2 aromatic heterocycles. The summed E-state index contributed by atoms with van der Waals surface area (Å²) < 4.78 is 39.9. The van der Waals surface area contributed by atoms with Gasteiger partial charge in [0.2, 0.25) is 0 Å². The van der Waals surface area contributed by atoms with E-state index in [1.165, 1.54) is 18.3 Å². The second-order valence-corrected chi connectivity index (χ2v) is 5.55. The molecule has 128 valence electrons. The first-order chi connectivity index (χ1) is 11.8. The first-order valence-corrected chi connectivity index (χ1v) is 7.51. The van der Waals surface area contributed by atoms with Gasteiger partial charge in [-0.2, -0.15) is 13.2 Å². The van der Waals surface area contributed by atoms with Crippen LogP contribution in [0.3, 0.4) is 0 Å². The molecule has 0 saturated heterocycles. The van der Waals surface area contributed by atoms with Crippen molar-refractivity contribution in [2.75, 3.05) is 5.32 Å². The maximum atomic E-state index is 13.3. The van der Waals surface area contributed by atoms with E-state index in [0.717, 1.165) is 6.07 Å². The number of H-pyrrole nitrogens is 1. The number of nitrogens with one attached hydrogen (secondary N) is 2. The number of anilines is 1. The average molecular weight is 366 g/mol. The van der Waals surface area contributed by atoms with Crippen LogP contribution in [0.4, 0.5) is 18.9 Å². The van der Waals surface area contributed by atoms with E-state index in [1.807, 2.05) is 0 Å². The fourth-order valence-corrected chi connectivity index (χ4v) is 2.39. The Balaban J connectivity index is 1.97. The lowest BCUT2D eigenvalue weighted by molar-refractivity contribution is -0.137. The Hall–Kier alpha value is -2.80. The number of pyridine rings is 1. The van der Waals surface area contributed by atoms with E-state index < -0.39 is 23.3 Å². The molecule has 0 aliphatic carbocycles. The van der Waals surface area contributed by atoms with Gasteiger partial charge in [-0.25, -0.2) is 4.98 Å². The van der Waals surface area contributed by atoms with E-state index in [0.29, 0.717) is 5.56 Å². The predicted octanol–water partition coefficient (Wildman–Crippen LogP) is 5.00. The van der Waals surface area contributed by atoms with E-state index in [4.69, 9.17) is 11.6 Å². The summed E-state index contributed by atoms with van der Waals surface area (Å²) in [6.07, 6.45) is -3.41. The second-order valence-electron chi connectivity index (χ2n) is 5.16. The van der Waals surface area contributed by atoms with Crippen LogP contribution in [-0.4, -0.2) is 15.9 Å². The zero-order valence-electron chi connectivity index (χ0n) is 12.6. The second kappa shape index (κ2) is 6.60. The number of hydrogen-bond acceptors (Lipinski definition) is 2. The molecule has 0 unspecified atom stereocenters. The quantitative estimate of drug-likeness (QED) is 0.642. The summed E-state index contributed by atoms with van der Waals surface area (Å²) in [5, 5.41) is 2.58. The van der Waals surface area contributed by atoms with Crippen LogP contribution in [0.1, 0.15) is 16.1 Å². The van der Waals surface area contributed by atoms with E-state index in [1.54, 1.807) is 30.3 Å². The minimum atomic E-state index is -4.67. The van der Waals surface area contributed by atoms with Gasteiger partial charge in [0.25, 0.3) is 5.91 Å². The van der Waals surface area contributed by atoms with Crippen molar-refractivity contribution in [2.45, 2.75) is 6.18 Å². The van der Waals surface area contributed by atoms with Crippen molar-refractivity contribution in [3.05, 3.63) is 71.1 Å². The normalized spacial score (nSPS) is 11.4. The number of benzene rings is 1. The number of amides is 1. The fraction of sp³-hybridized carbons (Fsp3) is 0.0588. The number of aromatic nitrogens is 2. The summed E-state index contributed by atoms with van der Waals surface area (Å²) in [5.41, 5.74) is -0.627. The molecule has 0 aliphatic rings. The third-order valence-corrected chi connectivity index (χ3v) is 3.64. The number of alkyl halides is 3. The summed E-state index contributed by atoms with van der Waals surface area (Å²) in [6, 6.07) is 12.2. The van der Waals surface area contributed by atoms with Crippen molar-refractivity contribution < 1.29 is 18.0 Å². The van der Waals surface area contributed by atoms with Crippen molar-refractivity contribution in [1.82, 2.24) is 9.97 Å². The van der Waals surface area contributed by atoms with E-state index >= 15 is 0 Å². The highest BCUT2D eigenvalue weighted by Gasteiger charge is 2.37. The lowest BCUT2D eigenvalue weighted by Crippen LogP contribution is -2.18. The van der Waals surface area contributed by atoms with Gasteiger partial charge in [0, 0.05) is 5.69 Å². The Bertz CT molecular complexity index is 890. The molecule has 2 N–H and O–H groups in total. The lowest BCUT2D eigenvalue weighted by atomic mass is 10.1. The van der Waals surface area contributed by atoms with Crippen LogP contribution < -0.4 is 5.32 Å². The van der Waals surface area contributed by atoms with Gasteiger partial charge >= 0.3 is 6.18 Å². The maximum Gasteiger partial charge on any atom is 0.418 e. The van der Waals surface area contributed by atoms with Gasteiger partial charge in [0.15, 0.2) is 0 Å². The highest BCUT2D eigenvalue weighted by molar-refractivity contribution is 6.29. The van der Waals surface area contributed by atoms with Gasteiger partial charge in [-0.1, -0.05) is 41.9 Å². The topological polar surface area (TPSA) is 57.8 Å². The molecular formula is C17H11ClF3N3O. The molecular weight excluding hydrogens is 355 g/mol. The number of carbonyl (C=O) groups excluding carboxylic acids is 1. The first kappa shape index (κ1) is 17.0. The fourth-order valence-electron chi connectivity index (χ4n) is 2.27. The first-order valence-electron chi connectivity index (χ1n) is 7.13. The molecule has 0 aliphatic heterocycles. The maximum absolute atomic E-state index is 13.3. The molecule has 0 bridgehead atoms. The number of carbonyl (C=O) groups is 1. The number of aromatic amines is 1. The summed E-state index contributed by atoms with van der Waals surface area (Å²) >= 11 is 5.64. The average Bonchev–Trinajstić information content (AvgIpc) is 3.04. The lowest BCUT2D eigenvalue weighted by Gasteiger charge is -2.08. The Labute approximate surface area is 145 Å². The molecule has 0 radical (unpaired) electrons. The van der Waals surface area contributed by atoms with Gasteiger partial charge in [-0.15, -0.1) is 0 Å². The smallest absolute Gasteiger partial charge is 0.350 e. The van der Waals surface area contributed by atoms with Crippen LogP contribution in [0.15, 0.2) is 54.7 Å². The summed E-state index contributed by atoms with van der Waals surface area (Å²) in [4.78, 5) is 18.6. The molecule has 3 aromatic rings. The van der Waals surface area contributed by atoms with E-state index in [-0.39, 0.29) is 16.5 Å². The van der Waals surface area contributed by atoms with Crippen molar-refractivity contribution in [3.8, 4) is 11.3 Å². The van der Waals surface area contributed by atoms with Crippen molar-refractivity contribution in [3.63, 3.8) is 0 Å². The van der Waals surface area contributed by atoms with Crippen LogP contribution in [0.5, 0.6) is 0 Å². The minimum absolute atomic E-state index is 0.201. The zero-order chi connectivity index (χ0) is 18.0. The number of hydrogen-bond donors (Lipinski definition) is 2. The van der Waals surface area contributed by atoms with Crippen LogP contribution >= 0.6 is 11.6 Å². The summed E-state index contributed by atoms with van der Waals surface area (Å²) in [5.74, 6) is -0.918. The monoisotopic (exact) mass is 365 g/mol. The molecule has 1 amide bonds. The highest BCUT2D eigenvalue weighted by Crippen LogP contribution is 2.35. The van der Waals surface area contributed by atoms with Gasteiger partial charge in [-0.05, 0) is 23.8 Å².